The van der Waals surface area contributed by atoms with E-state index in [9.17, 15) is 8.78 Å². The average Bonchev–Trinajstić information content (AvgIpc) is 2.39. The fraction of sp³-hybridized carbons (Fsp3) is 0.667. The van der Waals surface area contributed by atoms with Gasteiger partial charge in [-0.15, -0.1) is 0 Å². The van der Waals surface area contributed by atoms with E-state index in [2.05, 4.69) is 15.6 Å². The van der Waals surface area contributed by atoms with Crippen LogP contribution in [0.5, 0.6) is 0 Å². The molecular formula is C15H23F2N3O. The molecule has 0 aromatic carbocycles. The first-order chi connectivity index (χ1) is 9.91. The molecule has 1 atom stereocenters. The lowest BCUT2D eigenvalue weighted by Gasteiger charge is -2.36. The van der Waals surface area contributed by atoms with Crippen molar-refractivity contribution in [2.24, 2.45) is 0 Å². The smallest absolute Gasteiger partial charge is 0.168 e. The maximum absolute atomic E-state index is 13.9. The number of halogens is 2. The number of rotatable bonds is 5. The Labute approximate surface area is 124 Å². The minimum atomic E-state index is -0.668. The number of nitrogens with one attached hydrogen (secondary N) is 2. The Morgan fingerprint density at radius 1 is 1.33 bits per heavy atom. The maximum atomic E-state index is 13.9. The first-order valence-electron chi connectivity index (χ1n) is 7.41. The summed E-state index contributed by atoms with van der Waals surface area (Å²) < 4.78 is 33.2. The molecule has 1 fully saturated rings. The van der Waals surface area contributed by atoms with E-state index < -0.39 is 11.6 Å². The van der Waals surface area contributed by atoms with Gasteiger partial charge < -0.3 is 15.4 Å². The molecule has 6 heteroatoms. The monoisotopic (exact) mass is 299 g/mol. The van der Waals surface area contributed by atoms with Crippen LogP contribution in [0.3, 0.4) is 0 Å². The molecule has 0 saturated carbocycles. The third-order valence-corrected chi connectivity index (χ3v) is 3.51. The molecule has 0 radical (unpaired) electrons. The van der Waals surface area contributed by atoms with Crippen LogP contribution in [-0.4, -0.2) is 29.8 Å². The van der Waals surface area contributed by atoms with Gasteiger partial charge in [0.15, 0.2) is 23.3 Å². The van der Waals surface area contributed by atoms with E-state index in [0.717, 1.165) is 25.3 Å². The highest BCUT2D eigenvalue weighted by Crippen LogP contribution is 2.27. The van der Waals surface area contributed by atoms with Gasteiger partial charge in [-0.1, -0.05) is 6.92 Å². The molecule has 2 heterocycles. The van der Waals surface area contributed by atoms with E-state index in [1.807, 2.05) is 20.8 Å². The predicted octanol–water partition coefficient (Wildman–Crippen LogP) is 3.55. The van der Waals surface area contributed by atoms with Crippen LogP contribution >= 0.6 is 0 Å². The van der Waals surface area contributed by atoms with Crippen molar-refractivity contribution in [3.8, 4) is 0 Å². The number of aromatic nitrogens is 1. The summed E-state index contributed by atoms with van der Waals surface area (Å²) in [5.41, 5.74) is -0.240. The molecule has 0 aliphatic carbocycles. The Hall–Kier alpha value is -1.43. The molecule has 118 valence electrons. The highest BCUT2D eigenvalue weighted by molar-refractivity contribution is 5.48. The molecule has 2 N–H and O–H groups in total. The standard InChI is InChI=1S/C15H23F2N3O/c1-4-6-18-13-11(16)8-12(17)14(20-13)19-10-5-7-21-15(2,3)9-10/h8,10H,4-7,9H2,1-3H3,(H2,18,19,20). The SMILES string of the molecule is CCCNc1nc(NC2CCOC(C)(C)C2)c(F)cc1F. The van der Waals surface area contributed by atoms with E-state index in [0.29, 0.717) is 13.2 Å². The Morgan fingerprint density at radius 2 is 2.05 bits per heavy atom. The van der Waals surface area contributed by atoms with Crippen molar-refractivity contribution in [2.75, 3.05) is 23.8 Å². The summed E-state index contributed by atoms with van der Waals surface area (Å²) in [6.45, 7) is 7.19. The lowest BCUT2D eigenvalue weighted by molar-refractivity contribution is -0.0553. The Balaban J connectivity index is 2.11. The first kappa shape index (κ1) is 15.9. The summed E-state index contributed by atoms with van der Waals surface area (Å²) in [5, 5.41) is 5.94. The van der Waals surface area contributed by atoms with Crippen molar-refractivity contribution in [1.29, 1.82) is 0 Å². The molecule has 2 rings (SSSR count). The molecule has 1 unspecified atom stereocenters. The largest absolute Gasteiger partial charge is 0.375 e. The third-order valence-electron chi connectivity index (χ3n) is 3.51. The lowest BCUT2D eigenvalue weighted by atomic mass is 9.94. The highest BCUT2D eigenvalue weighted by Gasteiger charge is 2.29. The summed E-state index contributed by atoms with van der Waals surface area (Å²) >= 11 is 0. The molecule has 21 heavy (non-hydrogen) atoms. The van der Waals surface area contributed by atoms with Gasteiger partial charge in [-0.2, -0.15) is 0 Å². The van der Waals surface area contributed by atoms with Gasteiger partial charge in [-0.25, -0.2) is 13.8 Å². The highest BCUT2D eigenvalue weighted by atomic mass is 19.1. The second-order valence-corrected chi connectivity index (χ2v) is 6.02. The number of pyridine rings is 1. The Kier molecular flexibility index (Phi) is 4.98. The van der Waals surface area contributed by atoms with Crippen molar-refractivity contribution in [2.45, 2.75) is 51.7 Å². The van der Waals surface area contributed by atoms with Crippen LogP contribution in [-0.2, 0) is 4.74 Å². The number of anilines is 2. The van der Waals surface area contributed by atoms with Gasteiger partial charge in [0.2, 0.25) is 0 Å². The van der Waals surface area contributed by atoms with Gasteiger partial charge in [-0.05, 0) is 33.1 Å². The van der Waals surface area contributed by atoms with Crippen LogP contribution in [0, 0.1) is 11.6 Å². The van der Waals surface area contributed by atoms with Crippen molar-refractivity contribution in [3.05, 3.63) is 17.7 Å². The van der Waals surface area contributed by atoms with E-state index in [1.54, 1.807) is 0 Å². The van der Waals surface area contributed by atoms with Crippen molar-refractivity contribution < 1.29 is 13.5 Å². The van der Waals surface area contributed by atoms with E-state index in [4.69, 9.17) is 4.74 Å². The van der Waals surface area contributed by atoms with Crippen LogP contribution in [0.4, 0.5) is 20.4 Å². The minimum absolute atomic E-state index is 0.0697. The molecular weight excluding hydrogens is 276 g/mol. The second kappa shape index (κ2) is 6.56. The van der Waals surface area contributed by atoms with E-state index in [1.165, 1.54) is 0 Å². The number of hydrogen-bond acceptors (Lipinski definition) is 4. The quantitative estimate of drug-likeness (QED) is 0.873. The van der Waals surface area contributed by atoms with Crippen molar-refractivity contribution in [1.82, 2.24) is 4.98 Å². The first-order valence-corrected chi connectivity index (χ1v) is 7.41. The minimum Gasteiger partial charge on any atom is -0.375 e. The van der Waals surface area contributed by atoms with Gasteiger partial charge in [0.05, 0.1) is 5.60 Å². The molecule has 1 aromatic rings. The Morgan fingerprint density at radius 3 is 2.71 bits per heavy atom. The fourth-order valence-electron chi connectivity index (χ4n) is 2.48. The number of nitrogens with zero attached hydrogens (tertiary/aromatic N) is 1. The molecule has 1 aliphatic rings. The normalized spacial score (nSPS) is 21.1. The zero-order chi connectivity index (χ0) is 15.5. The fourth-order valence-corrected chi connectivity index (χ4v) is 2.48. The summed E-state index contributed by atoms with van der Waals surface area (Å²) in [5.74, 6) is -1.15. The zero-order valence-corrected chi connectivity index (χ0v) is 12.8. The summed E-state index contributed by atoms with van der Waals surface area (Å²) in [7, 11) is 0. The molecule has 1 aromatic heterocycles. The lowest BCUT2D eigenvalue weighted by Crippen LogP contribution is -2.40. The molecule has 0 amide bonds. The molecule has 1 aliphatic heterocycles. The van der Waals surface area contributed by atoms with E-state index >= 15 is 0 Å². The second-order valence-electron chi connectivity index (χ2n) is 6.02. The Bertz CT molecular complexity index is 494. The summed E-state index contributed by atoms with van der Waals surface area (Å²) in [6, 6.07) is 0.942. The average molecular weight is 299 g/mol. The third kappa shape index (κ3) is 4.27. The number of ether oxygens (including phenoxy) is 1. The van der Waals surface area contributed by atoms with Crippen LogP contribution in [0.1, 0.15) is 40.0 Å². The van der Waals surface area contributed by atoms with Crippen molar-refractivity contribution >= 4 is 11.6 Å². The van der Waals surface area contributed by atoms with Gasteiger partial charge in [0.1, 0.15) is 0 Å². The maximum Gasteiger partial charge on any atom is 0.168 e. The van der Waals surface area contributed by atoms with Crippen LogP contribution in [0.25, 0.3) is 0 Å². The van der Waals surface area contributed by atoms with Crippen LogP contribution < -0.4 is 10.6 Å². The summed E-state index contributed by atoms with van der Waals surface area (Å²) in [6.07, 6.45) is 2.37. The van der Waals surface area contributed by atoms with Crippen LogP contribution in [0.15, 0.2) is 6.07 Å². The predicted molar refractivity (Wildman–Crippen MR) is 79.6 cm³/mol. The molecule has 0 spiro atoms. The number of hydrogen-bond donors (Lipinski definition) is 2. The van der Waals surface area contributed by atoms with Gasteiger partial charge in [0.25, 0.3) is 0 Å². The molecule has 0 bridgehead atoms. The van der Waals surface area contributed by atoms with E-state index in [-0.39, 0.29) is 23.3 Å². The zero-order valence-electron chi connectivity index (χ0n) is 12.8. The molecule has 1 saturated heterocycles. The van der Waals surface area contributed by atoms with Crippen molar-refractivity contribution in [3.63, 3.8) is 0 Å². The van der Waals surface area contributed by atoms with Gasteiger partial charge in [-0.3, -0.25) is 0 Å². The summed E-state index contributed by atoms with van der Waals surface area (Å²) in [4.78, 5) is 4.04. The van der Waals surface area contributed by atoms with Gasteiger partial charge in [0, 0.05) is 25.3 Å². The molecule has 4 nitrogen and oxygen atoms in total. The topological polar surface area (TPSA) is 46.2 Å². The van der Waals surface area contributed by atoms with Gasteiger partial charge >= 0.3 is 0 Å². The van der Waals surface area contributed by atoms with Crippen LogP contribution in [0.2, 0.25) is 0 Å².